The van der Waals surface area contributed by atoms with E-state index in [0.29, 0.717) is 41.3 Å². The smallest absolute Gasteiger partial charge is 0.241 e. The SMILES string of the molecule is Cc1ccc(N)c(C)c1S(=O)(=O)NCCCOCC1CC1. The molecule has 3 N–H and O–H groups in total. The van der Waals surface area contributed by atoms with Crippen LogP contribution in [0.3, 0.4) is 0 Å². The van der Waals surface area contributed by atoms with E-state index in [-0.39, 0.29) is 0 Å². The molecular formula is C15H24N2O3S. The second-order valence-electron chi connectivity index (χ2n) is 5.70. The zero-order valence-corrected chi connectivity index (χ0v) is 13.5. The van der Waals surface area contributed by atoms with Crippen molar-refractivity contribution in [1.29, 1.82) is 0 Å². The van der Waals surface area contributed by atoms with E-state index in [4.69, 9.17) is 10.5 Å². The zero-order valence-electron chi connectivity index (χ0n) is 12.7. The van der Waals surface area contributed by atoms with Gasteiger partial charge in [-0.1, -0.05) is 6.07 Å². The summed E-state index contributed by atoms with van der Waals surface area (Å²) in [6.45, 7) is 5.28. The Morgan fingerprint density at radius 2 is 2.05 bits per heavy atom. The standard InChI is InChI=1S/C15H24N2O3S/c1-11-4-7-14(16)12(2)15(11)21(18,19)17-8-3-9-20-10-13-5-6-13/h4,7,13,17H,3,5-6,8-10,16H2,1-2H3. The van der Waals surface area contributed by atoms with Crippen LogP contribution in [0, 0.1) is 19.8 Å². The Morgan fingerprint density at radius 1 is 1.33 bits per heavy atom. The third-order valence-corrected chi connectivity index (χ3v) is 5.47. The van der Waals surface area contributed by atoms with Crippen molar-refractivity contribution in [2.24, 2.45) is 5.92 Å². The van der Waals surface area contributed by atoms with Gasteiger partial charge in [-0.05, 0) is 56.2 Å². The molecule has 1 aromatic carbocycles. The highest BCUT2D eigenvalue weighted by molar-refractivity contribution is 7.89. The number of nitrogen functional groups attached to an aromatic ring is 1. The van der Waals surface area contributed by atoms with Gasteiger partial charge in [0.05, 0.1) is 4.90 Å². The Bertz CT molecular complexity index is 595. The molecule has 6 heteroatoms. The lowest BCUT2D eigenvalue weighted by atomic mass is 10.1. The van der Waals surface area contributed by atoms with E-state index in [1.165, 1.54) is 12.8 Å². The van der Waals surface area contributed by atoms with Gasteiger partial charge in [0.15, 0.2) is 0 Å². The monoisotopic (exact) mass is 312 g/mol. The van der Waals surface area contributed by atoms with Crippen LogP contribution in [-0.2, 0) is 14.8 Å². The maximum atomic E-state index is 12.4. The lowest BCUT2D eigenvalue weighted by Gasteiger charge is -2.13. The van der Waals surface area contributed by atoms with Crippen molar-refractivity contribution >= 4 is 15.7 Å². The number of rotatable bonds is 8. The van der Waals surface area contributed by atoms with Gasteiger partial charge in [-0.2, -0.15) is 0 Å². The highest BCUT2D eigenvalue weighted by Crippen LogP contribution is 2.28. The first-order valence-electron chi connectivity index (χ1n) is 7.35. The van der Waals surface area contributed by atoms with Gasteiger partial charge in [0.25, 0.3) is 0 Å². The van der Waals surface area contributed by atoms with Crippen LogP contribution in [0.5, 0.6) is 0 Å². The minimum Gasteiger partial charge on any atom is -0.398 e. The highest BCUT2D eigenvalue weighted by Gasteiger charge is 2.21. The maximum absolute atomic E-state index is 12.4. The van der Waals surface area contributed by atoms with E-state index in [1.54, 1.807) is 26.0 Å². The summed E-state index contributed by atoms with van der Waals surface area (Å²) >= 11 is 0. The Kier molecular flexibility index (Phi) is 5.24. The predicted octanol–water partition coefficient (Wildman–Crippen LogP) is 1.98. The maximum Gasteiger partial charge on any atom is 0.241 e. The zero-order chi connectivity index (χ0) is 15.5. The molecule has 21 heavy (non-hydrogen) atoms. The molecule has 0 heterocycles. The van der Waals surface area contributed by atoms with Crippen molar-refractivity contribution in [3.63, 3.8) is 0 Å². The van der Waals surface area contributed by atoms with Crippen molar-refractivity contribution in [1.82, 2.24) is 4.72 Å². The van der Waals surface area contributed by atoms with Crippen LogP contribution < -0.4 is 10.5 Å². The Balaban J connectivity index is 1.87. The minimum absolute atomic E-state index is 0.293. The van der Waals surface area contributed by atoms with Crippen LogP contribution >= 0.6 is 0 Å². The molecule has 0 spiro atoms. The van der Waals surface area contributed by atoms with Crippen LogP contribution in [-0.4, -0.2) is 28.2 Å². The van der Waals surface area contributed by atoms with Crippen molar-refractivity contribution in [2.75, 3.05) is 25.5 Å². The summed E-state index contributed by atoms with van der Waals surface area (Å²) < 4.78 is 32.9. The number of anilines is 1. The van der Waals surface area contributed by atoms with Crippen molar-refractivity contribution < 1.29 is 13.2 Å². The quantitative estimate of drug-likeness (QED) is 0.568. The number of aryl methyl sites for hydroxylation is 1. The number of hydrogen-bond donors (Lipinski definition) is 2. The van der Waals surface area contributed by atoms with Gasteiger partial charge >= 0.3 is 0 Å². The third-order valence-electron chi connectivity index (χ3n) is 3.72. The molecule has 2 rings (SSSR count). The predicted molar refractivity (Wildman–Crippen MR) is 83.7 cm³/mol. The van der Waals surface area contributed by atoms with Crippen LogP contribution in [0.2, 0.25) is 0 Å². The van der Waals surface area contributed by atoms with E-state index < -0.39 is 10.0 Å². The Labute approximate surface area is 126 Å². The van der Waals surface area contributed by atoms with Crippen molar-refractivity contribution in [3.8, 4) is 0 Å². The van der Waals surface area contributed by atoms with Crippen LogP contribution in [0.4, 0.5) is 5.69 Å². The highest BCUT2D eigenvalue weighted by atomic mass is 32.2. The lowest BCUT2D eigenvalue weighted by molar-refractivity contribution is 0.123. The second-order valence-corrected chi connectivity index (χ2v) is 7.40. The number of benzene rings is 1. The molecule has 0 bridgehead atoms. The molecule has 1 aliphatic carbocycles. The lowest BCUT2D eigenvalue weighted by Crippen LogP contribution is -2.27. The van der Waals surface area contributed by atoms with Crippen molar-refractivity contribution in [3.05, 3.63) is 23.3 Å². The first-order valence-corrected chi connectivity index (χ1v) is 8.83. The summed E-state index contributed by atoms with van der Waals surface area (Å²) in [4.78, 5) is 0.293. The minimum atomic E-state index is -3.52. The summed E-state index contributed by atoms with van der Waals surface area (Å²) in [7, 11) is -3.52. The molecule has 1 saturated carbocycles. The molecule has 1 aliphatic rings. The fraction of sp³-hybridized carbons (Fsp3) is 0.600. The van der Waals surface area contributed by atoms with Gasteiger partial charge < -0.3 is 10.5 Å². The number of ether oxygens (including phenoxy) is 1. The summed E-state index contributed by atoms with van der Waals surface area (Å²) in [5.74, 6) is 0.735. The van der Waals surface area contributed by atoms with Gasteiger partial charge in [0.1, 0.15) is 0 Å². The van der Waals surface area contributed by atoms with Crippen LogP contribution in [0.1, 0.15) is 30.4 Å². The molecule has 5 nitrogen and oxygen atoms in total. The Morgan fingerprint density at radius 3 is 2.71 bits per heavy atom. The first kappa shape index (κ1) is 16.3. The molecule has 0 amide bonds. The molecule has 118 valence electrons. The summed E-state index contributed by atoms with van der Waals surface area (Å²) in [5.41, 5.74) is 7.61. The van der Waals surface area contributed by atoms with Gasteiger partial charge in [0.2, 0.25) is 10.0 Å². The molecule has 0 aromatic heterocycles. The average molecular weight is 312 g/mol. The first-order chi connectivity index (χ1) is 9.92. The largest absolute Gasteiger partial charge is 0.398 e. The number of nitrogens with two attached hydrogens (primary N) is 1. The van der Waals surface area contributed by atoms with E-state index in [0.717, 1.165) is 12.5 Å². The van der Waals surface area contributed by atoms with Crippen LogP contribution in [0.15, 0.2) is 17.0 Å². The average Bonchev–Trinajstić information content (AvgIpc) is 3.22. The Hall–Kier alpha value is -1.11. The van der Waals surface area contributed by atoms with Gasteiger partial charge in [-0.15, -0.1) is 0 Å². The fourth-order valence-corrected chi connectivity index (χ4v) is 3.81. The van der Waals surface area contributed by atoms with E-state index in [2.05, 4.69) is 4.72 Å². The molecule has 0 radical (unpaired) electrons. The summed E-state index contributed by atoms with van der Waals surface area (Å²) in [6.07, 6.45) is 3.20. The van der Waals surface area contributed by atoms with Crippen molar-refractivity contribution in [2.45, 2.75) is 38.0 Å². The molecule has 1 aromatic rings. The third kappa shape index (κ3) is 4.43. The molecule has 0 unspecified atom stereocenters. The molecule has 0 atom stereocenters. The normalized spacial score (nSPS) is 15.3. The molecule has 1 fully saturated rings. The summed E-state index contributed by atoms with van der Waals surface area (Å²) in [6, 6.07) is 3.46. The molecule has 0 saturated heterocycles. The van der Waals surface area contributed by atoms with Crippen LogP contribution in [0.25, 0.3) is 0 Å². The second kappa shape index (κ2) is 6.77. The van der Waals surface area contributed by atoms with Gasteiger partial charge in [-0.25, -0.2) is 13.1 Å². The topological polar surface area (TPSA) is 81.4 Å². The van der Waals surface area contributed by atoms with Gasteiger partial charge in [0, 0.05) is 25.4 Å². The van der Waals surface area contributed by atoms with E-state index in [1.807, 2.05) is 0 Å². The van der Waals surface area contributed by atoms with Gasteiger partial charge in [-0.3, -0.25) is 0 Å². The summed E-state index contributed by atoms with van der Waals surface area (Å²) in [5, 5.41) is 0. The number of nitrogens with one attached hydrogen (secondary N) is 1. The number of hydrogen-bond acceptors (Lipinski definition) is 4. The molecule has 0 aliphatic heterocycles. The van der Waals surface area contributed by atoms with E-state index in [9.17, 15) is 8.42 Å². The number of sulfonamides is 1. The molecular weight excluding hydrogens is 288 g/mol. The van der Waals surface area contributed by atoms with E-state index >= 15 is 0 Å². The fourth-order valence-electron chi connectivity index (χ4n) is 2.24.